The number of ether oxygens (including phenoxy) is 2. The molecule has 10 heteroatoms. The van der Waals surface area contributed by atoms with Crippen molar-refractivity contribution in [3.63, 3.8) is 0 Å². The van der Waals surface area contributed by atoms with E-state index in [1.54, 1.807) is 28.8 Å². The minimum absolute atomic E-state index is 0.0271. The quantitative estimate of drug-likeness (QED) is 0.369. The molecule has 0 N–H and O–H groups in total. The maximum absolute atomic E-state index is 11.0. The van der Waals surface area contributed by atoms with Crippen LogP contribution in [0.4, 0.5) is 5.69 Å². The van der Waals surface area contributed by atoms with Gasteiger partial charge < -0.3 is 9.47 Å². The molecule has 4 rings (SSSR count). The average Bonchev–Trinajstić information content (AvgIpc) is 3.31. The molecule has 1 aliphatic heterocycles. The van der Waals surface area contributed by atoms with E-state index in [4.69, 9.17) is 9.47 Å². The van der Waals surface area contributed by atoms with E-state index >= 15 is 0 Å². The Balaban J connectivity index is 1.56. The first-order chi connectivity index (χ1) is 12.7. The van der Waals surface area contributed by atoms with Crippen molar-refractivity contribution in [2.24, 2.45) is 0 Å². The largest absolute Gasteiger partial charge is 0.350 e. The Morgan fingerprint density at radius 3 is 2.88 bits per heavy atom. The van der Waals surface area contributed by atoms with Crippen LogP contribution in [0.1, 0.15) is 6.42 Å². The van der Waals surface area contributed by atoms with Gasteiger partial charge in [-0.05, 0) is 12.1 Å². The first-order valence-corrected chi connectivity index (χ1v) is 9.02. The highest BCUT2D eigenvalue weighted by Crippen LogP contribution is 2.24. The second-order valence-electron chi connectivity index (χ2n) is 5.59. The predicted molar refractivity (Wildman–Crippen MR) is 93.9 cm³/mol. The van der Waals surface area contributed by atoms with Crippen LogP contribution >= 0.6 is 11.8 Å². The summed E-state index contributed by atoms with van der Waals surface area (Å²) in [6, 6.07) is 9.95. The highest BCUT2D eigenvalue weighted by Gasteiger charge is 2.17. The van der Waals surface area contributed by atoms with E-state index in [0.29, 0.717) is 35.3 Å². The zero-order valence-corrected chi connectivity index (χ0v) is 14.5. The molecule has 134 valence electrons. The van der Waals surface area contributed by atoms with Gasteiger partial charge in [0.25, 0.3) is 5.69 Å². The number of non-ortho nitro benzene ring substituents is 1. The first kappa shape index (κ1) is 16.9. The van der Waals surface area contributed by atoms with Crippen LogP contribution in [0, 0.1) is 10.1 Å². The lowest BCUT2D eigenvalue weighted by Gasteiger charge is -2.07. The van der Waals surface area contributed by atoms with Gasteiger partial charge >= 0.3 is 0 Å². The molecule has 9 nitrogen and oxygen atoms in total. The smallest absolute Gasteiger partial charge is 0.270 e. The molecule has 1 saturated heterocycles. The minimum atomic E-state index is -0.421. The molecule has 1 fully saturated rings. The summed E-state index contributed by atoms with van der Waals surface area (Å²) >= 11 is 1.51. The molecule has 1 aliphatic rings. The van der Waals surface area contributed by atoms with Crippen molar-refractivity contribution >= 4 is 23.1 Å². The summed E-state index contributed by atoms with van der Waals surface area (Å²) in [6.45, 7) is 1.27. The monoisotopic (exact) mass is 373 g/mol. The summed E-state index contributed by atoms with van der Waals surface area (Å²) in [5, 5.41) is 24.4. The maximum atomic E-state index is 11.0. The highest BCUT2D eigenvalue weighted by atomic mass is 32.2. The zero-order chi connectivity index (χ0) is 17.9. The fourth-order valence-corrected chi connectivity index (χ4v) is 3.46. The molecule has 26 heavy (non-hydrogen) atoms. The van der Waals surface area contributed by atoms with E-state index in [2.05, 4.69) is 15.3 Å². The summed E-state index contributed by atoms with van der Waals surface area (Å²) in [6.07, 6.45) is 0.597. The van der Waals surface area contributed by atoms with Gasteiger partial charge in [0.1, 0.15) is 0 Å². The summed E-state index contributed by atoms with van der Waals surface area (Å²) in [4.78, 5) is 10.6. The molecular formula is C16H15N5O4S. The lowest BCUT2D eigenvalue weighted by molar-refractivity contribution is -0.384. The van der Waals surface area contributed by atoms with Crippen molar-refractivity contribution in [3.05, 3.63) is 46.5 Å². The normalized spacial score (nSPS) is 14.9. The fourth-order valence-electron chi connectivity index (χ4n) is 2.61. The molecular weight excluding hydrogens is 358 g/mol. The van der Waals surface area contributed by atoms with Gasteiger partial charge in [-0.2, -0.15) is 9.61 Å². The number of aromatic nitrogens is 4. The van der Waals surface area contributed by atoms with Gasteiger partial charge in [0.15, 0.2) is 11.9 Å². The molecule has 3 heterocycles. The second-order valence-corrected chi connectivity index (χ2v) is 6.65. The molecule has 0 aliphatic carbocycles. The van der Waals surface area contributed by atoms with Crippen LogP contribution in [0.5, 0.6) is 0 Å². The van der Waals surface area contributed by atoms with Crippen molar-refractivity contribution in [2.45, 2.75) is 17.9 Å². The lowest BCUT2D eigenvalue weighted by atomic mass is 10.1. The Labute approximate surface area is 152 Å². The topological polar surface area (TPSA) is 105 Å². The van der Waals surface area contributed by atoms with E-state index in [1.807, 2.05) is 0 Å². The maximum Gasteiger partial charge on any atom is 0.270 e. The van der Waals surface area contributed by atoms with Crippen LogP contribution in [0.3, 0.4) is 0 Å². The van der Waals surface area contributed by atoms with Gasteiger partial charge in [-0.25, -0.2) is 0 Å². The standard InChI is InChI=1S/C16H15N5O4S/c22-21(23)12-3-1-2-11(10-12)13-4-5-14-17-18-16(20(14)19-13)26-9-6-15-24-7-8-25-15/h1-5,10,15H,6-9H2. The lowest BCUT2D eigenvalue weighted by Crippen LogP contribution is -2.08. The fraction of sp³-hybridized carbons (Fsp3) is 0.312. The summed E-state index contributed by atoms with van der Waals surface area (Å²) in [5.74, 6) is 0.758. The summed E-state index contributed by atoms with van der Waals surface area (Å²) < 4.78 is 12.5. The highest BCUT2D eigenvalue weighted by molar-refractivity contribution is 7.99. The molecule has 0 saturated carbocycles. The van der Waals surface area contributed by atoms with E-state index in [1.165, 1.54) is 23.9 Å². The van der Waals surface area contributed by atoms with Gasteiger partial charge in [0.05, 0.1) is 23.8 Å². The third-order valence-corrected chi connectivity index (χ3v) is 4.82. The molecule has 0 spiro atoms. The van der Waals surface area contributed by atoms with Crippen molar-refractivity contribution in [1.82, 2.24) is 19.8 Å². The number of nitro benzene ring substituents is 1. The molecule has 2 aromatic heterocycles. The van der Waals surface area contributed by atoms with Crippen LogP contribution in [0.25, 0.3) is 16.9 Å². The van der Waals surface area contributed by atoms with Crippen molar-refractivity contribution in [1.29, 1.82) is 0 Å². The average molecular weight is 373 g/mol. The Bertz CT molecular complexity index is 941. The number of nitro groups is 1. The van der Waals surface area contributed by atoms with E-state index < -0.39 is 4.92 Å². The van der Waals surface area contributed by atoms with Gasteiger partial charge in [-0.1, -0.05) is 23.9 Å². The van der Waals surface area contributed by atoms with Crippen LogP contribution in [-0.4, -0.2) is 50.0 Å². The van der Waals surface area contributed by atoms with Crippen molar-refractivity contribution < 1.29 is 14.4 Å². The van der Waals surface area contributed by atoms with E-state index in [9.17, 15) is 10.1 Å². The third-order valence-electron chi connectivity index (χ3n) is 3.86. The third kappa shape index (κ3) is 3.52. The number of hydrogen-bond donors (Lipinski definition) is 0. The minimum Gasteiger partial charge on any atom is -0.350 e. The van der Waals surface area contributed by atoms with Gasteiger partial charge in [0, 0.05) is 29.9 Å². The van der Waals surface area contributed by atoms with Gasteiger partial charge in [-0.3, -0.25) is 10.1 Å². The van der Waals surface area contributed by atoms with E-state index in [0.717, 1.165) is 12.2 Å². The Morgan fingerprint density at radius 2 is 2.08 bits per heavy atom. The van der Waals surface area contributed by atoms with Crippen LogP contribution in [0.15, 0.2) is 41.6 Å². The van der Waals surface area contributed by atoms with Crippen molar-refractivity contribution in [2.75, 3.05) is 19.0 Å². The van der Waals surface area contributed by atoms with Crippen LogP contribution in [0.2, 0.25) is 0 Å². The number of fused-ring (bicyclic) bond motifs is 1. The molecule has 0 unspecified atom stereocenters. The Kier molecular flexibility index (Phi) is 4.78. The number of thioether (sulfide) groups is 1. The Morgan fingerprint density at radius 1 is 1.23 bits per heavy atom. The SMILES string of the molecule is O=[N+]([O-])c1cccc(-c2ccc3nnc(SCCC4OCCO4)n3n2)c1. The number of benzene rings is 1. The molecule has 0 radical (unpaired) electrons. The predicted octanol–water partition coefficient (Wildman–Crippen LogP) is 2.55. The van der Waals surface area contributed by atoms with E-state index in [-0.39, 0.29) is 12.0 Å². The van der Waals surface area contributed by atoms with Crippen molar-refractivity contribution in [3.8, 4) is 11.3 Å². The van der Waals surface area contributed by atoms with Gasteiger partial charge in [0.2, 0.25) is 5.16 Å². The molecule has 0 bridgehead atoms. The summed E-state index contributed by atoms with van der Waals surface area (Å²) in [7, 11) is 0. The molecule has 0 amide bonds. The number of nitrogens with zero attached hydrogens (tertiary/aromatic N) is 5. The molecule has 0 atom stereocenters. The number of rotatable bonds is 6. The van der Waals surface area contributed by atoms with Crippen LogP contribution in [-0.2, 0) is 9.47 Å². The zero-order valence-electron chi connectivity index (χ0n) is 13.6. The first-order valence-electron chi connectivity index (χ1n) is 8.04. The van der Waals surface area contributed by atoms with Gasteiger partial charge in [-0.15, -0.1) is 10.2 Å². The Hall–Kier alpha value is -2.56. The van der Waals surface area contributed by atoms with Crippen LogP contribution < -0.4 is 0 Å². The molecule has 3 aromatic rings. The molecule has 1 aromatic carbocycles. The number of hydrogen-bond acceptors (Lipinski definition) is 8. The second kappa shape index (κ2) is 7.36. The summed E-state index contributed by atoms with van der Waals surface area (Å²) in [5.41, 5.74) is 1.93.